The van der Waals surface area contributed by atoms with Crippen molar-refractivity contribution in [1.29, 1.82) is 0 Å². The highest BCUT2D eigenvalue weighted by atomic mass is 16.5. The zero-order chi connectivity index (χ0) is 12.8. The lowest BCUT2D eigenvalue weighted by Gasteiger charge is -2.08. The van der Waals surface area contributed by atoms with Gasteiger partial charge in [0.15, 0.2) is 0 Å². The molecule has 0 saturated heterocycles. The zero-order valence-electron chi connectivity index (χ0n) is 10.2. The number of rotatable bonds is 5. The molecule has 0 aliphatic heterocycles. The summed E-state index contributed by atoms with van der Waals surface area (Å²) in [6.45, 7) is 1.08. The van der Waals surface area contributed by atoms with E-state index in [2.05, 4.69) is 0 Å². The number of ether oxygens (including phenoxy) is 1. The van der Waals surface area contributed by atoms with Crippen LogP contribution in [0, 0.1) is 0 Å². The molecule has 0 aliphatic carbocycles. The van der Waals surface area contributed by atoms with E-state index < -0.39 is 0 Å². The molecule has 0 amide bonds. The predicted octanol–water partition coefficient (Wildman–Crippen LogP) is 2.47. The van der Waals surface area contributed by atoms with E-state index in [1.54, 1.807) is 18.2 Å². The first-order valence-electron chi connectivity index (χ1n) is 5.97. The molecule has 0 spiro atoms. The zero-order valence-corrected chi connectivity index (χ0v) is 10.2. The molecule has 0 saturated carbocycles. The summed E-state index contributed by atoms with van der Waals surface area (Å²) in [4.78, 5) is 0. The van der Waals surface area contributed by atoms with Gasteiger partial charge in [0.25, 0.3) is 0 Å². The monoisotopic (exact) mass is 243 g/mol. The molecule has 18 heavy (non-hydrogen) atoms. The Morgan fingerprint density at radius 2 is 1.78 bits per heavy atom. The van der Waals surface area contributed by atoms with Crippen LogP contribution >= 0.6 is 0 Å². The van der Waals surface area contributed by atoms with Gasteiger partial charge in [-0.2, -0.15) is 0 Å². The van der Waals surface area contributed by atoms with Crippen molar-refractivity contribution in [2.75, 3.05) is 6.54 Å². The van der Waals surface area contributed by atoms with Gasteiger partial charge in [0, 0.05) is 0 Å². The van der Waals surface area contributed by atoms with E-state index in [4.69, 9.17) is 10.5 Å². The topological polar surface area (TPSA) is 55.5 Å². The van der Waals surface area contributed by atoms with Gasteiger partial charge < -0.3 is 15.6 Å². The standard InChI is InChI=1S/C15H17NO2/c16-8-7-12-3-2-6-15(10-12)18-11-13-4-1-5-14(17)9-13/h1-6,9-10,17H,7-8,11,16H2. The SMILES string of the molecule is NCCc1cccc(OCc2cccc(O)c2)c1. The number of aromatic hydroxyl groups is 1. The normalized spacial score (nSPS) is 10.3. The van der Waals surface area contributed by atoms with E-state index in [0.717, 1.165) is 17.7 Å². The van der Waals surface area contributed by atoms with Crippen molar-refractivity contribution < 1.29 is 9.84 Å². The fraction of sp³-hybridized carbons (Fsp3) is 0.200. The predicted molar refractivity (Wildman–Crippen MR) is 71.6 cm³/mol. The summed E-state index contributed by atoms with van der Waals surface area (Å²) in [5.41, 5.74) is 7.64. The van der Waals surface area contributed by atoms with Crippen molar-refractivity contribution in [1.82, 2.24) is 0 Å². The number of nitrogens with two attached hydrogens (primary N) is 1. The Balaban J connectivity index is 1.99. The van der Waals surface area contributed by atoms with Gasteiger partial charge in [0.05, 0.1) is 0 Å². The molecule has 3 nitrogen and oxygen atoms in total. The van der Waals surface area contributed by atoms with E-state index in [9.17, 15) is 5.11 Å². The first-order valence-corrected chi connectivity index (χ1v) is 5.97. The minimum Gasteiger partial charge on any atom is -0.508 e. The van der Waals surface area contributed by atoms with Crippen molar-refractivity contribution in [3.05, 3.63) is 59.7 Å². The summed E-state index contributed by atoms with van der Waals surface area (Å²) in [5.74, 6) is 1.08. The quantitative estimate of drug-likeness (QED) is 0.848. The van der Waals surface area contributed by atoms with Crippen molar-refractivity contribution >= 4 is 0 Å². The molecule has 0 heterocycles. The third-order valence-electron chi connectivity index (χ3n) is 2.65. The lowest BCUT2D eigenvalue weighted by molar-refractivity contribution is 0.305. The van der Waals surface area contributed by atoms with Crippen LogP contribution in [0.1, 0.15) is 11.1 Å². The summed E-state index contributed by atoms with van der Waals surface area (Å²) >= 11 is 0. The first-order chi connectivity index (χ1) is 8.78. The van der Waals surface area contributed by atoms with Crippen LogP contribution in [0.5, 0.6) is 11.5 Å². The second kappa shape index (κ2) is 6.07. The Hall–Kier alpha value is -2.00. The molecule has 0 atom stereocenters. The molecule has 2 aromatic carbocycles. The van der Waals surface area contributed by atoms with Gasteiger partial charge in [0.2, 0.25) is 0 Å². The smallest absolute Gasteiger partial charge is 0.120 e. The van der Waals surface area contributed by atoms with Crippen LogP contribution in [0.15, 0.2) is 48.5 Å². The van der Waals surface area contributed by atoms with E-state index in [1.165, 1.54) is 5.56 Å². The van der Waals surface area contributed by atoms with Crippen molar-refractivity contribution in [3.63, 3.8) is 0 Å². The summed E-state index contributed by atoms with van der Waals surface area (Å²) in [7, 11) is 0. The van der Waals surface area contributed by atoms with Crippen LogP contribution in [0.4, 0.5) is 0 Å². The maximum Gasteiger partial charge on any atom is 0.120 e. The molecule has 3 heteroatoms. The van der Waals surface area contributed by atoms with Crippen molar-refractivity contribution in [2.45, 2.75) is 13.0 Å². The number of benzene rings is 2. The molecule has 0 fully saturated rings. The van der Waals surface area contributed by atoms with E-state index in [1.807, 2.05) is 30.3 Å². The third kappa shape index (κ3) is 3.50. The van der Waals surface area contributed by atoms with Gasteiger partial charge in [-0.15, -0.1) is 0 Å². The highest BCUT2D eigenvalue weighted by molar-refractivity contribution is 5.30. The van der Waals surface area contributed by atoms with Gasteiger partial charge in [-0.25, -0.2) is 0 Å². The second-order valence-electron chi connectivity index (χ2n) is 4.14. The number of phenolic OH excluding ortho intramolecular Hbond substituents is 1. The Labute approximate surface area is 107 Å². The van der Waals surface area contributed by atoms with Crippen LogP contribution in [-0.4, -0.2) is 11.7 Å². The van der Waals surface area contributed by atoms with Crippen molar-refractivity contribution in [2.24, 2.45) is 5.73 Å². The van der Waals surface area contributed by atoms with Crippen LogP contribution < -0.4 is 10.5 Å². The second-order valence-corrected chi connectivity index (χ2v) is 4.14. The Kier molecular flexibility index (Phi) is 4.20. The Bertz CT molecular complexity index is 511. The van der Waals surface area contributed by atoms with Gasteiger partial charge in [-0.1, -0.05) is 24.3 Å². The first kappa shape index (κ1) is 12.5. The van der Waals surface area contributed by atoms with Crippen LogP contribution in [0.25, 0.3) is 0 Å². The summed E-state index contributed by atoms with van der Waals surface area (Å²) in [6, 6.07) is 15.0. The van der Waals surface area contributed by atoms with Gasteiger partial charge in [-0.3, -0.25) is 0 Å². The lowest BCUT2D eigenvalue weighted by Crippen LogP contribution is -2.03. The molecule has 0 radical (unpaired) electrons. The molecular weight excluding hydrogens is 226 g/mol. The average Bonchev–Trinajstić information content (AvgIpc) is 2.37. The molecule has 0 aliphatic rings. The molecule has 0 bridgehead atoms. The van der Waals surface area contributed by atoms with Gasteiger partial charge in [0.1, 0.15) is 18.1 Å². The van der Waals surface area contributed by atoms with Crippen LogP contribution in [-0.2, 0) is 13.0 Å². The summed E-state index contributed by atoms with van der Waals surface area (Å²) in [6.07, 6.45) is 0.851. The number of phenols is 1. The maximum absolute atomic E-state index is 9.35. The highest BCUT2D eigenvalue weighted by Gasteiger charge is 1.99. The molecule has 94 valence electrons. The van der Waals surface area contributed by atoms with Gasteiger partial charge >= 0.3 is 0 Å². The minimum absolute atomic E-state index is 0.257. The maximum atomic E-state index is 9.35. The molecular formula is C15H17NO2. The molecule has 0 unspecified atom stereocenters. The fourth-order valence-corrected chi connectivity index (χ4v) is 1.77. The largest absolute Gasteiger partial charge is 0.508 e. The lowest BCUT2D eigenvalue weighted by atomic mass is 10.1. The third-order valence-corrected chi connectivity index (χ3v) is 2.65. The highest BCUT2D eigenvalue weighted by Crippen LogP contribution is 2.17. The minimum atomic E-state index is 0.257. The Morgan fingerprint density at radius 1 is 1.00 bits per heavy atom. The van der Waals surface area contributed by atoms with E-state index in [0.29, 0.717) is 13.2 Å². The van der Waals surface area contributed by atoms with Crippen LogP contribution in [0.2, 0.25) is 0 Å². The Morgan fingerprint density at radius 3 is 2.56 bits per heavy atom. The van der Waals surface area contributed by atoms with E-state index in [-0.39, 0.29) is 5.75 Å². The summed E-state index contributed by atoms with van der Waals surface area (Å²) in [5, 5.41) is 9.35. The number of hydrogen-bond donors (Lipinski definition) is 2. The molecule has 3 N–H and O–H groups in total. The number of hydrogen-bond acceptors (Lipinski definition) is 3. The van der Waals surface area contributed by atoms with Gasteiger partial charge in [-0.05, 0) is 48.4 Å². The fourth-order valence-electron chi connectivity index (χ4n) is 1.77. The summed E-state index contributed by atoms with van der Waals surface area (Å²) < 4.78 is 5.68. The average molecular weight is 243 g/mol. The molecule has 2 rings (SSSR count). The van der Waals surface area contributed by atoms with Crippen molar-refractivity contribution in [3.8, 4) is 11.5 Å². The molecule has 2 aromatic rings. The molecule has 0 aromatic heterocycles. The van der Waals surface area contributed by atoms with Crippen LogP contribution in [0.3, 0.4) is 0 Å². The van der Waals surface area contributed by atoms with E-state index >= 15 is 0 Å².